The van der Waals surface area contributed by atoms with Crippen molar-refractivity contribution in [3.05, 3.63) is 59.7 Å². The highest BCUT2D eigenvalue weighted by Crippen LogP contribution is 2.09. The lowest BCUT2D eigenvalue weighted by molar-refractivity contribution is 0.604. The van der Waals surface area contributed by atoms with Crippen molar-refractivity contribution in [2.24, 2.45) is 0 Å². The van der Waals surface area contributed by atoms with Gasteiger partial charge in [-0.15, -0.1) is 0 Å². The number of nitrogen functional groups attached to an aromatic ring is 2. The number of nitrogens with two attached hydrogens (primary N) is 2. The quantitative estimate of drug-likeness (QED) is 0.491. The van der Waals surface area contributed by atoms with Crippen molar-refractivity contribution in [2.75, 3.05) is 24.6 Å². The molecular weight excluding hydrogens is 270 g/mol. The second-order valence-corrected chi connectivity index (χ2v) is 5.79. The van der Waals surface area contributed by atoms with E-state index < -0.39 is 0 Å². The predicted octanol–water partition coefficient (Wildman–Crippen LogP) is 3.40. The Hall–Kier alpha value is -2.00. The molecule has 0 unspecified atom stereocenters. The van der Waals surface area contributed by atoms with Crippen LogP contribution in [0.4, 0.5) is 11.4 Å². The lowest BCUT2D eigenvalue weighted by Crippen LogP contribution is -2.17. The van der Waals surface area contributed by atoms with Gasteiger partial charge in [0.15, 0.2) is 0 Å². The van der Waals surface area contributed by atoms with E-state index in [1.807, 2.05) is 24.3 Å². The lowest BCUT2D eigenvalue weighted by atomic mass is 10.1. The Bertz CT molecular complexity index is 480. The summed E-state index contributed by atoms with van der Waals surface area (Å²) in [6.07, 6.45) is 5.84. The van der Waals surface area contributed by atoms with Crippen LogP contribution in [0.1, 0.15) is 30.4 Å². The van der Waals surface area contributed by atoms with Gasteiger partial charge < -0.3 is 16.8 Å². The molecule has 0 saturated carbocycles. The van der Waals surface area contributed by atoms with Gasteiger partial charge in [-0.2, -0.15) is 0 Å². The van der Waals surface area contributed by atoms with Crippen LogP contribution < -0.4 is 16.8 Å². The summed E-state index contributed by atoms with van der Waals surface area (Å²) < 4.78 is 0. The zero-order valence-corrected chi connectivity index (χ0v) is 13.2. The topological polar surface area (TPSA) is 64.1 Å². The maximum atomic E-state index is 5.68. The van der Waals surface area contributed by atoms with Gasteiger partial charge in [-0.1, -0.05) is 24.3 Å². The molecule has 0 spiro atoms. The van der Waals surface area contributed by atoms with E-state index in [4.69, 9.17) is 11.5 Å². The van der Waals surface area contributed by atoms with Crippen LogP contribution in [-0.4, -0.2) is 13.1 Å². The first-order valence-corrected chi connectivity index (χ1v) is 8.13. The average molecular weight is 297 g/mol. The zero-order chi connectivity index (χ0) is 15.6. The molecule has 22 heavy (non-hydrogen) atoms. The Morgan fingerprint density at radius 2 is 1.05 bits per heavy atom. The Labute approximate surface area is 133 Å². The molecule has 0 amide bonds. The van der Waals surface area contributed by atoms with Gasteiger partial charge in [0.2, 0.25) is 0 Å². The van der Waals surface area contributed by atoms with Crippen LogP contribution in [0.2, 0.25) is 0 Å². The van der Waals surface area contributed by atoms with E-state index >= 15 is 0 Å². The van der Waals surface area contributed by atoms with Gasteiger partial charge in [0.25, 0.3) is 0 Å². The molecule has 0 aliphatic heterocycles. The van der Waals surface area contributed by atoms with Crippen LogP contribution in [0.3, 0.4) is 0 Å². The van der Waals surface area contributed by atoms with Crippen molar-refractivity contribution < 1.29 is 0 Å². The first kappa shape index (κ1) is 16.4. The fraction of sp³-hybridized carbons (Fsp3) is 0.368. The second kappa shape index (κ2) is 9.11. The monoisotopic (exact) mass is 297 g/mol. The third-order valence-corrected chi connectivity index (χ3v) is 3.85. The summed E-state index contributed by atoms with van der Waals surface area (Å²) in [6.45, 7) is 2.17. The number of rotatable bonds is 9. The zero-order valence-electron chi connectivity index (χ0n) is 13.2. The van der Waals surface area contributed by atoms with Gasteiger partial charge in [0.1, 0.15) is 0 Å². The van der Waals surface area contributed by atoms with Crippen LogP contribution in [0.15, 0.2) is 48.5 Å². The van der Waals surface area contributed by atoms with Crippen molar-refractivity contribution in [3.63, 3.8) is 0 Å². The molecule has 0 bridgehead atoms. The molecule has 0 atom stereocenters. The van der Waals surface area contributed by atoms with Crippen molar-refractivity contribution in [1.82, 2.24) is 5.32 Å². The molecule has 0 heterocycles. The Kier molecular flexibility index (Phi) is 6.78. The number of nitrogens with one attached hydrogen (secondary N) is 1. The molecule has 0 fully saturated rings. The number of hydrogen-bond acceptors (Lipinski definition) is 3. The highest BCUT2D eigenvalue weighted by atomic mass is 14.8. The van der Waals surface area contributed by atoms with E-state index in [0.29, 0.717) is 0 Å². The summed E-state index contributed by atoms with van der Waals surface area (Å²) in [4.78, 5) is 0. The highest BCUT2D eigenvalue weighted by Gasteiger charge is 1.95. The third-order valence-electron chi connectivity index (χ3n) is 3.85. The first-order chi connectivity index (χ1) is 10.7. The van der Waals surface area contributed by atoms with Gasteiger partial charge in [-0.25, -0.2) is 0 Å². The van der Waals surface area contributed by atoms with Crippen molar-refractivity contribution in [3.8, 4) is 0 Å². The number of anilines is 2. The first-order valence-electron chi connectivity index (χ1n) is 8.13. The molecule has 0 aliphatic carbocycles. The standard InChI is InChI=1S/C19H27N3/c20-18-10-6-16(7-11-18)4-1-2-14-22-15-3-5-17-8-12-19(21)13-9-17/h6-13,22H,1-5,14-15,20-21H2. The largest absolute Gasteiger partial charge is 0.399 e. The van der Waals surface area contributed by atoms with Crippen LogP contribution in [-0.2, 0) is 12.8 Å². The molecule has 0 aromatic heterocycles. The lowest BCUT2D eigenvalue weighted by Gasteiger charge is -2.06. The molecule has 5 N–H and O–H groups in total. The maximum Gasteiger partial charge on any atom is 0.0314 e. The fourth-order valence-corrected chi connectivity index (χ4v) is 2.49. The normalized spacial score (nSPS) is 10.7. The van der Waals surface area contributed by atoms with Gasteiger partial charge in [-0.3, -0.25) is 0 Å². The summed E-state index contributed by atoms with van der Waals surface area (Å²) in [6, 6.07) is 16.4. The molecular formula is C19H27N3. The number of hydrogen-bond donors (Lipinski definition) is 3. The molecule has 0 radical (unpaired) electrons. The summed E-state index contributed by atoms with van der Waals surface area (Å²) in [5.74, 6) is 0. The van der Waals surface area contributed by atoms with E-state index in [1.54, 1.807) is 0 Å². The van der Waals surface area contributed by atoms with Crippen LogP contribution in [0.25, 0.3) is 0 Å². The molecule has 0 saturated heterocycles. The SMILES string of the molecule is Nc1ccc(CCCCNCCCc2ccc(N)cc2)cc1. The second-order valence-electron chi connectivity index (χ2n) is 5.79. The predicted molar refractivity (Wildman–Crippen MR) is 95.8 cm³/mol. The third kappa shape index (κ3) is 6.19. The minimum atomic E-state index is 0.836. The van der Waals surface area contributed by atoms with E-state index in [-0.39, 0.29) is 0 Å². The van der Waals surface area contributed by atoms with Crippen LogP contribution in [0.5, 0.6) is 0 Å². The van der Waals surface area contributed by atoms with Crippen molar-refractivity contribution in [1.29, 1.82) is 0 Å². The van der Waals surface area contributed by atoms with E-state index in [1.165, 1.54) is 30.4 Å². The highest BCUT2D eigenvalue weighted by molar-refractivity contribution is 5.39. The molecule has 3 heteroatoms. The fourth-order valence-electron chi connectivity index (χ4n) is 2.49. The Morgan fingerprint density at radius 1 is 0.591 bits per heavy atom. The number of aryl methyl sites for hydroxylation is 2. The molecule has 2 aromatic rings. The maximum absolute atomic E-state index is 5.68. The summed E-state index contributed by atoms with van der Waals surface area (Å²) >= 11 is 0. The summed E-state index contributed by atoms with van der Waals surface area (Å²) in [5.41, 5.74) is 15.8. The van der Waals surface area contributed by atoms with Crippen LogP contribution >= 0.6 is 0 Å². The minimum absolute atomic E-state index is 0.836. The molecule has 3 nitrogen and oxygen atoms in total. The van der Waals surface area contributed by atoms with Gasteiger partial charge in [-0.05, 0) is 80.6 Å². The summed E-state index contributed by atoms with van der Waals surface area (Å²) in [7, 11) is 0. The van der Waals surface area contributed by atoms with E-state index in [2.05, 4.69) is 29.6 Å². The molecule has 2 aromatic carbocycles. The Morgan fingerprint density at radius 3 is 1.59 bits per heavy atom. The summed E-state index contributed by atoms with van der Waals surface area (Å²) in [5, 5.41) is 3.52. The Balaban J connectivity index is 1.47. The van der Waals surface area contributed by atoms with Crippen molar-refractivity contribution in [2.45, 2.75) is 32.1 Å². The van der Waals surface area contributed by atoms with Gasteiger partial charge in [0, 0.05) is 11.4 Å². The average Bonchev–Trinajstić information content (AvgIpc) is 2.53. The molecule has 118 valence electrons. The smallest absolute Gasteiger partial charge is 0.0314 e. The van der Waals surface area contributed by atoms with Gasteiger partial charge >= 0.3 is 0 Å². The molecule has 0 aliphatic rings. The minimum Gasteiger partial charge on any atom is -0.399 e. The number of unbranched alkanes of at least 4 members (excludes halogenated alkanes) is 1. The van der Waals surface area contributed by atoms with Crippen LogP contribution in [0, 0.1) is 0 Å². The molecule has 2 rings (SSSR count). The van der Waals surface area contributed by atoms with E-state index in [0.717, 1.165) is 37.3 Å². The van der Waals surface area contributed by atoms with Gasteiger partial charge in [0.05, 0.1) is 0 Å². The number of benzene rings is 2. The van der Waals surface area contributed by atoms with E-state index in [9.17, 15) is 0 Å². The van der Waals surface area contributed by atoms with Crippen molar-refractivity contribution >= 4 is 11.4 Å².